The number of rotatable bonds is 4. The largest absolute Gasteiger partial charge is 1.00 e. The zero-order valence-corrected chi connectivity index (χ0v) is 12.5. The summed E-state index contributed by atoms with van der Waals surface area (Å²) in [6, 6.07) is 9.87. The second-order valence-corrected chi connectivity index (χ2v) is 4.73. The fourth-order valence-corrected chi connectivity index (χ4v) is 2.17. The number of aryl methyl sites for hydroxylation is 1. The first-order valence-electron chi connectivity index (χ1n) is 6.54. The molecular formula is C15H17ClN4O. The van der Waals surface area contributed by atoms with Crippen molar-refractivity contribution in [3.05, 3.63) is 54.5 Å². The zero-order valence-electron chi connectivity index (χ0n) is 11.7. The number of pyridine rings is 2. The van der Waals surface area contributed by atoms with Gasteiger partial charge < -0.3 is 22.9 Å². The summed E-state index contributed by atoms with van der Waals surface area (Å²) in [5, 5.41) is 4.33. The van der Waals surface area contributed by atoms with Crippen LogP contribution in [-0.2, 0) is 13.5 Å². The molecule has 21 heavy (non-hydrogen) atoms. The topological polar surface area (TPSA) is 56.4 Å². The van der Waals surface area contributed by atoms with Crippen molar-refractivity contribution in [1.82, 2.24) is 9.61 Å². The molecule has 0 aliphatic heterocycles. The molecule has 5 nitrogen and oxygen atoms in total. The summed E-state index contributed by atoms with van der Waals surface area (Å²) in [7, 11) is 2.00. The number of hydrogen-bond acceptors (Lipinski definition) is 3. The number of halogens is 1. The van der Waals surface area contributed by atoms with Gasteiger partial charge in [-0.2, -0.15) is 0 Å². The lowest BCUT2D eigenvalue weighted by molar-refractivity contribution is -0.671. The van der Waals surface area contributed by atoms with Gasteiger partial charge in [-0.15, -0.1) is 5.10 Å². The first-order valence-corrected chi connectivity index (χ1v) is 6.54. The molecule has 0 aliphatic rings. The van der Waals surface area contributed by atoms with Crippen molar-refractivity contribution in [1.29, 1.82) is 0 Å². The van der Waals surface area contributed by atoms with Gasteiger partial charge in [0.2, 0.25) is 0 Å². The zero-order chi connectivity index (χ0) is 13.9. The molecule has 0 saturated carbocycles. The van der Waals surface area contributed by atoms with Crippen LogP contribution in [-0.4, -0.2) is 16.2 Å². The van der Waals surface area contributed by atoms with Gasteiger partial charge in [0, 0.05) is 24.2 Å². The van der Waals surface area contributed by atoms with E-state index >= 15 is 0 Å². The fraction of sp³-hybridized carbons (Fsp3) is 0.200. The highest BCUT2D eigenvalue weighted by Crippen LogP contribution is 2.24. The van der Waals surface area contributed by atoms with E-state index in [1.165, 1.54) is 5.56 Å². The minimum atomic E-state index is 0. The minimum absolute atomic E-state index is 0. The predicted molar refractivity (Wildman–Crippen MR) is 76.4 cm³/mol. The number of nitrogens with zero attached hydrogens (tertiary/aromatic N) is 3. The molecule has 0 radical (unpaired) electrons. The Morgan fingerprint density at radius 2 is 2.14 bits per heavy atom. The highest BCUT2D eigenvalue weighted by Gasteiger charge is 2.10. The summed E-state index contributed by atoms with van der Waals surface area (Å²) in [4.78, 5) is 0. The van der Waals surface area contributed by atoms with Crippen molar-refractivity contribution >= 4 is 11.2 Å². The maximum absolute atomic E-state index is 6.03. The van der Waals surface area contributed by atoms with Crippen molar-refractivity contribution in [2.24, 2.45) is 7.05 Å². The van der Waals surface area contributed by atoms with Crippen molar-refractivity contribution in [3.8, 4) is 5.88 Å². The van der Waals surface area contributed by atoms with Crippen LogP contribution in [0.2, 0.25) is 0 Å². The van der Waals surface area contributed by atoms with Gasteiger partial charge in [0.25, 0.3) is 5.88 Å². The molecule has 0 aromatic carbocycles. The quantitative estimate of drug-likeness (QED) is 0.589. The first kappa shape index (κ1) is 15.1. The lowest BCUT2D eigenvalue weighted by atomic mass is 10.2. The summed E-state index contributed by atoms with van der Waals surface area (Å²) >= 11 is 0. The third-order valence-electron chi connectivity index (χ3n) is 3.17. The molecule has 0 atom stereocenters. The normalized spacial score (nSPS) is 10.3. The highest BCUT2D eigenvalue weighted by atomic mass is 35.5. The van der Waals surface area contributed by atoms with Gasteiger partial charge in [-0.3, -0.25) is 0 Å². The van der Waals surface area contributed by atoms with Crippen LogP contribution in [0.3, 0.4) is 0 Å². The van der Waals surface area contributed by atoms with Gasteiger partial charge in [-0.1, -0.05) is 6.07 Å². The number of hydrogen-bond donors (Lipinski definition) is 1. The van der Waals surface area contributed by atoms with E-state index in [9.17, 15) is 0 Å². The van der Waals surface area contributed by atoms with Crippen LogP contribution in [0.25, 0.3) is 5.52 Å². The summed E-state index contributed by atoms with van der Waals surface area (Å²) in [5.74, 6) is 0.497. The van der Waals surface area contributed by atoms with E-state index in [0.29, 0.717) is 18.2 Å². The van der Waals surface area contributed by atoms with Crippen LogP contribution in [0.5, 0.6) is 5.88 Å². The van der Waals surface area contributed by atoms with Crippen molar-refractivity contribution in [2.75, 3.05) is 12.3 Å². The Bertz CT molecular complexity index is 741. The Labute approximate surface area is 129 Å². The Kier molecular flexibility index (Phi) is 4.65. The smallest absolute Gasteiger partial charge is 0.257 e. The standard InChI is InChI=1S/C15H17N4O.ClH/c1-18-8-4-5-12(11-18)7-10-20-15-14(16)13-6-2-3-9-19(13)17-15;/h2-6,8-9,11H,7,10,16H2,1H3;1H/q+1;/p-1. The SMILES string of the molecule is C[n+]1cccc(CCOc2nn3ccccc3c2N)c1.[Cl-]. The number of anilines is 1. The summed E-state index contributed by atoms with van der Waals surface area (Å²) < 4.78 is 9.45. The Morgan fingerprint density at radius 3 is 2.90 bits per heavy atom. The van der Waals surface area contributed by atoms with Crippen molar-refractivity contribution in [3.63, 3.8) is 0 Å². The summed E-state index contributed by atoms with van der Waals surface area (Å²) in [6.07, 6.45) is 6.76. The van der Waals surface area contributed by atoms with Crippen molar-refractivity contribution < 1.29 is 21.7 Å². The molecule has 2 N–H and O–H groups in total. The molecule has 0 unspecified atom stereocenters. The lowest BCUT2D eigenvalue weighted by Gasteiger charge is -2.02. The molecule has 3 aromatic heterocycles. The second kappa shape index (κ2) is 6.45. The average molecular weight is 305 g/mol. The van der Waals surface area contributed by atoms with E-state index in [-0.39, 0.29) is 12.4 Å². The first-order chi connectivity index (χ1) is 9.74. The van der Waals surface area contributed by atoms with Gasteiger partial charge in [0.05, 0.1) is 12.1 Å². The number of nitrogens with two attached hydrogens (primary N) is 1. The van der Waals surface area contributed by atoms with Crippen LogP contribution in [0.4, 0.5) is 5.69 Å². The maximum atomic E-state index is 6.03. The Hall–Kier alpha value is -2.27. The Morgan fingerprint density at radius 1 is 1.29 bits per heavy atom. The third kappa shape index (κ3) is 3.25. The monoisotopic (exact) mass is 304 g/mol. The van der Waals surface area contributed by atoms with Gasteiger partial charge in [-0.05, 0) is 18.2 Å². The average Bonchev–Trinajstić information content (AvgIpc) is 2.76. The van der Waals surface area contributed by atoms with Gasteiger partial charge in [0.1, 0.15) is 12.7 Å². The molecule has 0 saturated heterocycles. The van der Waals surface area contributed by atoms with Crippen LogP contribution < -0.4 is 27.4 Å². The minimum Gasteiger partial charge on any atom is -1.00 e. The molecule has 6 heteroatoms. The molecular weight excluding hydrogens is 288 g/mol. The molecule has 0 spiro atoms. The van der Waals surface area contributed by atoms with E-state index in [4.69, 9.17) is 10.5 Å². The summed E-state index contributed by atoms with van der Waals surface area (Å²) in [5.41, 5.74) is 8.71. The number of fused-ring (bicyclic) bond motifs is 1. The van der Waals surface area contributed by atoms with E-state index in [0.717, 1.165) is 11.9 Å². The molecule has 110 valence electrons. The third-order valence-corrected chi connectivity index (χ3v) is 3.17. The number of nitrogen functional groups attached to an aromatic ring is 1. The molecule has 3 heterocycles. The molecule has 0 bridgehead atoms. The van der Waals surface area contributed by atoms with Crippen LogP contribution in [0, 0.1) is 0 Å². The number of ether oxygens (including phenoxy) is 1. The second-order valence-electron chi connectivity index (χ2n) is 4.73. The molecule has 0 amide bonds. The molecule has 3 aromatic rings. The molecule has 0 fully saturated rings. The van der Waals surface area contributed by atoms with Gasteiger partial charge >= 0.3 is 0 Å². The van der Waals surface area contributed by atoms with E-state index < -0.39 is 0 Å². The Balaban J connectivity index is 0.00000161. The summed E-state index contributed by atoms with van der Waals surface area (Å²) in [6.45, 7) is 0.554. The van der Waals surface area contributed by atoms with Crippen LogP contribution in [0.15, 0.2) is 48.9 Å². The van der Waals surface area contributed by atoms with Gasteiger partial charge in [0.15, 0.2) is 12.4 Å². The van der Waals surface area contributed by atoms with E-state index in [2.05, 4.69) is 17.4 Å². The maximum Gasteiger partial charge on any atom is 0.257 e. The van der Waals surface area contributed by atoms with Crippen molar-refractivity contribution in [2.45, 2.75) is 6.42 Å². The van der Waals surface area contributed by atoms with Gasteiger partial charge in [-0.25, -0.2) is 9.08 Å². The van der Waals surface area contributed by atoms with Crippen LogP contribution in [0.1, 0.15) is 5.56 Å². The molecule has 3 rings (SSSR count). The predicted octanol–water partition coefficient (Wildman–Crippen LogP) is -1.63. The fourth-order valence-electron chi connectivity index (χ4n) is 2.17. The number of aromatic nitrogens is 3. The van der Waals surface area contributed by atoms with Crippen LogP contribution >= 0.6 is 0 Å². The highest BCUT2D eigenvalue weighted by molar-refractivity contribution is 5.74. The van der Waals surface area contributed by atoms with E-state index in [1.807, 2.05) is 48.3 Å². The van der Waals surface area contributed by atoms with E-state index in [1.54, 1.807) is 4.52 Å². The lowest BCUT2D eigenvalue weighted by Crippen LogP contribution is -3.00. The molecule has 0 aliphatic carbocycles.